The third-order valence-corrected chi connectivity index (χ3v) is 7.65. The molecule has 194 valence electrons. The molecule has 0 aromatic heterocycles. The summed E-state index contributed by atoms with van der Waals surface area (Å²) in [5, 5.41) is -0.404. The van der Waals surface area contributed by atoms with Crippen LogP contribution >= 0.6 is 0 Å². The first kappa shape index (κ1) is 26.6. The Bertz CT molecular complexity index is 1190. The number of hydrogen-bond acceptors (Lipinski definition) is 0. The highest BCUT2D eigenvalue weighted by molar-refractivity contribution is 5.88. The summed E-state index contributed by atoms with van der Waals surface area (Å²) in [5.41, 5.74) is -0.353. The van der Waals surface area contributed by atoms with E-state index in [4.69, 9.17) is 0 Å². The van der Waals surface area contributed by atoms with Crippen molar-refractivity contribution < 1.29 is 26.3 Å². The molecule has 0 radical (unpaired) electrons. The fourth-order valence-electron chi connectivity index (χ4n) is 5.60. The van der Waals surface area contributed by atoms with Gasteiger partial charge in [-0.05, 0) is 72.2 Å². The van der Waals surface area contributed by atoms with Gasteiger partial charge >= 0.3 is 6.18 Å². The van der Waals surface area contributed by atoms with Gasteiger partial charge in [-0.2, -0.15) is 13.2 Å². The SMILES string of the molecule is CCCCCCCC1CCC(c2ccc(-c3ccc4c(F)c(C(F)(F)F)c(F)cc4c3)c(F)c2)CC1. The summed E-state index contributed by atoms with van der Waals surface area (Å²) >= 11 is 0. The minimum atomic E-state index is -5.14. The van der Waals surface area contributed by atoms with Crippen molar-refractivity contribution in [2.24, 2.45) is 5.92 Å². The van der Waals surface area contributed by atoms with Crippen molar-refractivity contribution in [1.29, 1.82) is 0 Å². The van der Waals surface area contributed by atoms with Crippen LogP contribution in [0.3, 0.4) is 0 Å². The van der Waals surface area contributed by atoms with E-state index in [0.29, 0.717) is 17.5 Å². The summed E-state index contributed by atoms with van der Waals surface area (Å²) in [7, 11) is 0. The molecule has 0 unspecified atom stereocenters. The van der Waals surface area contributed by atoms with Gasteiger partial charge in [-0.15, -0.1) is 0 Å². The predicted octanol–water partition coefficient (Wildman–Crippen LogP) is 10.6. The largest absolute Gasteiger partial charge is 0.422 e. The van der Waals surface area contributed by atoms with E-state index in [9.17, 15) is 22.0 Å². The monoisotopic (exact) mass is 506 g/mol. The minimum Gasteiger partial charge on any atom is -0.206 e. The Kier molecular flexibility index (Phi) is 8.31. The van der Waals surface area contributed by atoms with Crippen molar-refractivity contribution in [2.75, 3.05) is 0 Å². The molecule has 6 heteroatoms. The van der Waals surface area contributed by atoms with E-state index in [1.165, 1.54) is 56.7 Å². The molecule has 0 amide bonds. The second-order valence-electron chi connectivity index (χ2n) is 10.1. The topological polar surface area (TPSA) is 0 Å². The summed E-state index contributed by atoms with van der Waals surface area (Å²) in [4.78, 5) is 0. The molecule has 0 nitrogen and oxygen atoms in total. The molecule has 0 N–H and O–H groups in total. The first-order valence-electron chi connectivity index (χ1n) is 13.0. The summed E-state index contributed by atoms with van der Waals surface area (Å²) < 4.78 is 82.6. The van der Waals surface area contributed by atoms with Gasteiger partial charge in [0.15, 0.2) is 0 Å². The van der Waals surface area contributed by atoms with Crippen molar-refractivity contribution in [3.8, 4) is 11.1 Å². The zero-order valence-electron chi connectivity index (χ0n) is 20.5. The van der Waals surface area contributed by atoms with Crippen molar-refractivity contribution in [3.05, 3.63) is 71.0 Å². The van der Waals surface area contributed by atoms with Gasteiger partial charge in [0.25, 0.3) is 0 Å². The van der Waals surface area contributed by atoms with Crippen molar-refractivity contribution in [2.45, 2.75) is 83.2 Å². The Morgan fingerprint density at radius 1 is 0.778 bits per heavy atom. The van der Waals surface area contributed by atoms with E-state index >= 15 is 4.39 Å². The van der Waals surface area contributed by atoms with Gasteiger partial charge in [0.2, 0.25) is 0 Å². The van der Waals surface area contributed by atoms with Crippen LogP contribution in [0.4, 0.5) is 26.3 Å². The van der Waals surface area contributed by atoms with E-state index in [0.717, 1.165) is 43.2 Å². The Morgan fingerprint density at radius 3 is 2.17 bits per heavy atom. The van der Waals surface area contributed by atoms with Crippen LogP contribution in [-0.4, -0.2) is 0 Å². The van der Waals surface area contributed by atoms with Crippen LogP contribution in [0.25, 0.3) is 21.9 Å². The fourth-order valence-corrected chi connectivity index (χ4v) is 5.60. The summed E-state index contributed by atoms with van der Waals surface area (Å²) in [5.74, 6) is -2.72. The highest BCUT2D eigenvalue weighted by Gasteiger charge is 2.38. The molecule has 1 saturated carbocycles. The van der Waals surface area contributed by atoms with Crippen LogP contribution in [0, 0.1) is 23.4 Å². The first-order chi connectivity index (χ1) is 17.2. The molecule has 36 heavy (non-hydrogen) atoms. The second kappa shape index (κ2) is 11.3. The van der Waals surface area contributed by atoms with Gasteiger partial charge in [0.05, 0.1) is 0 Å². The molecule has 0 saturated heterocycles. The highest BCUT2D eigenvalue weighted by atomic mass is 19.4. The summed E-state index contributed by atoms with van der Waals surface area (Å²) in [6, 6.07) is 9.57. The van der Waals surface area contributed by atoms with Crippen LogP contribution in [-0.2, 0) is 6.18 Å². The average Bonchev–Trinajstić information content (AvgIpc) is 2.83. The van der Waals surface area contributed by atoms with Crippen LogP contribution in [0.2, 0.25) is 0 Å². The smallest absolute Gasteiger partial charge is 0.206 e. The molecule has 0 spiro atoms. The quantitative estimate of drug-likeness (QED) is 0.211. The lowest BCUT2D eigenvalue weighted by Crippen LogP contribution is -2.13. The van der Waals surface area contributed by atoms with Gasteiger partial charge in [-0.1, -0.05) is 69.7 Å². The molecule has 4 rings (SSSR count). The van der Waals surface area contributed by atoms with E-state index < -0.39 is 29.2 Å². The Hall–Kier alpha value is -2.50. The molecule has 0 heterocycles. The number of halogens is 6. The number of unbranched alkanes of at least 4 members (excludes halogenated alkanes) is 4. The summed E-state index contributed by atoms with van der Waals surface area (Å²) in [6.45, 7) is 2.22. The average molecular weight is 507 g/mol. The standard InChI is InChI=1S/C30H32F6/c1-2-3-4-5-6-7-19-8-10-20(11-9-19)21-12-14-24(26(31)17-21)22-13-15-25-23(16-22)18-27(32)28(29(25)33)30(34,35)36/h12-20H,2-11H2,1H3. The van der Waals surface area contributed by atoms with E-state index in [2.05, 4.69) is 6.92 Å². The lowest BCUT2D eigenvalue weighted by atomic mass is 9.77. The molecular formula is C30H32F6. The van der Waals surface area contributed by atoms with Crippen LogP contribution in [0.5, 0.6) is 0 Å². The maximum atomic E-state index is 15.1. The molecule has 3 aromatic rings. The van der Waals surface area contributed by atoms with Crippen LogP contribution in [0.1, 0.15) is 88.2 Å². The Labute approximate surface area is 208 Å². The van der Waals surface area contributed by atoms with E-state index in [-0.39, 0.29) is 16.3 Å². The number of benzene rings is 3. The van der Waals surface area contributed by atoms with Gasteiger partial charge in [0, 0.05) is 10.9 Å². The Balaban J connectivity index is 1.46. The molecule has 0 aliphatic heterocycles. The lowest BCUT2D eigenvalue weighted by Gasteiger charge is -2.29. The zero-order valence-corrected chi connectivity index (χ0v) is 20.5. The molecule has 0 atom stereocenters. The molecule has 0 bridgehead atoms. The number of alkyl halides is 3. The van der Waals surface area contributed by atoms with Gasteiger partial charge in [-0.25, -0.2) is 13.2 Å². The molecular weight excluding hydrogens is 474 g/mol. The molecule has 1 fully saturated rings. The number of rotatable bonds is 8. The van der Waals surface area contributed by atoms with Crippen molar-refractivity contribution in [1.82, 2.24) is 0 Å². The molecule has 1 aliphatic rings. The molecule has 3 aromatic carbocycles. The normalized spacial score (nSPS) is 18.6. The van der Waals surface area contributed by atoms with Crippen molar-refractivity contribution >= 4 is 10.8 Å². The van der Waals surface area contributed by atoms with Crippen LogP contribution < -0.4 is 0 Å². The van der Waals surface area contributed by atoms with Gasteiger partial charge < -0.3 is 0 Å². The number of hydrogen-bond donors (Lipinski definition) is 0. The first-order valence-corrected chi connectivity index (χ1v) is 13.0. The Morgan fingerprint density at radius 2 is 1.50 bits per heavy atom. The van der Waals surface area contributed by atoms with E-state index in [1.807, 2.05) is 6.07 Å². The predicted molar refractivity (Wildman–Crippen MR) is 132 cm³/mol. The summed E-state index contributed by atoms with van der Waals surface area (Å²) in [6.07, 6.45) is 6.98. The van der Waals surface area contributed by atoms with Gasteiger partial charge in [-0.3, -0.25) is 0 Å². The molecule has 1 aliphatic carbocycles. The zero-order chi connectivity index (χ0) is 25.9. The fraction of sp³-hybridized carbons (Fsp3) is 0.467. The van der Waals surface area contributed by atoms with E-state index in [1.54, 1.807) is 6.07 Å². The second-order valence-corrected chi connectivity index (χ2v) is 10.1. The third-order valence-electron chi connectivity index (χ3n) is 7.65. The third kappa shape index (κ3) is 5.90. The van der Waals surface area contributed by atoms with Crippen molar-refractivity contribution in [3.63, 3.8) is 0 Å². The minimum absolute atomic E-state index is 0.0491. The lowest BCUT2D eigenvalue weighted by molar-refractivity contribution is -0.142. The number of fused-ring (bicyclic) bond motifs is 1. The highest BCUT2D eigenvalue weighted by Crippen LogP contribution is 2.40. The maximum Gasteiger partial charge on any atom is 0.422 e. The van der Waals surface area contributed by atoms with Gasteiger partial charge in [0.1, 0.15) is 23.0 Å². The maximum absolute atomic E-state index is 15.1. The van der Waals surface area contributed by atoms with Crippen LogP contribution in [0.15, 0.2) is 42.5 Å².